The third-order valence-electron chi connectivity index (χ3n) is 5.52. The molecule has 0 spiro atoms. The minimum atomic E-state index is 0.0217. The van der Waals surface area contributed by atoms with Gasteiger partial charge in [-0.15, -0.1) is 0 Å². The molecule has 28 heavy (non-hydrogen) atoms. The molecular weight excluding hydrogens is 344 g/mol. The van der Waals surface area contributed by atoms with Crippen LogP contribution in [0.25, 0.3) is 33.3 Å². The van der Waals surface area contributed by atoms with E-state index in [1.54, 1.807) is 0 Å². The number of fused-ring (bicyclic) bond motifs is 2. The van der Waals surface area contributed by atoms with Gasteiger partial charge in [0.15, 0.2) is 0 Å². The van der Waals surface area contributed by atoms with E-state index in [1.165, 1.54) is 22.2 Å². The van der Waals surface area contributed by atoms with Crippen LogP contribution in [0.15, 0.2) is 36.4 Å². The lowest BCUT2D eigenvalue weighted by atomic mass is 9.86. The van der Waals surface area contributed by atoms with Crippen molar-refractivity contribution in [2.45, 2.75) is 52.4 Å². The van der Waals surface area contributed by atoms with Crippen molar-refractivity contribution in [1.82, 2.24) is 19.3 Å². The van der Waals surface area contributed by atoms with Gasteiger partial charge in [0.1, 0.15) is 5.82 Å². The SMILES string of the molecule is Cn1nc2ccc(-c3nc4c(C(C)(C)C)cccc4n3C)cc2c1C(C)(C)C. The molecule has 2 aromatic carbocycles. The number of aromatic nitrogens is 4. The Hall–Kier alpha value is -2.62. The van der Waals surface area contributed by atoms with Crippen LogP contribution in [-0.4, -0.2) is 19.3 Å². The van der Waals surface area contributed by atoms with E-state index in [4.69, 9.17) is 10.1 Å². The van der Waals surface area contributed by atoms with Gasteiger partial charge in [-0.25, -0.2) is 4.98 Å². The predicted molar refractivity (Wildman–Crippen MR) is 118 cm³/mol. The maximum absolute atomic E-state index is 5.09. The average Bonchev–Trinajstić information content (AvgIpc) is 3.09. The molecule has 0 unspecified atom stereocenters. The van der Waals surface area contributed by atoms with Crippen LogP contribution >= 0.6 is 0 Å². The highest BCUT2D eigenvalue weighted by Gasteiger charge is 2.24. The second-order valence-corrected chi connectivity index (χ2v) is 9.87. The van der Waals surface area contributed by atoms with Gasteiger partial charge in [0, 0.05) is 30.5 Å². The van der Waals surface area contributed by atoms with Crippen LogP contribution in [0.4, 0.5) is 0 Å². The Morgan fingerprint density at radius 1 is 0.857 bits per heavy atom. The average molecular weight is 375 g/mol. The Bertz CT molecular complexity index is 1190. The van der Waals surface area contributed by atoms with Crippen molar-refractivity contribution < 1.29 is 0 Å². The van der Waals surface area contributed by atoms with Crippen LogP contribution < -0.4 is 0 Å². The molecule has 4 nitrogen and oxygen atoms in total. The molecule has 2 heterocycles. The highest BCUT2D eigenvalue weighted by molar-refractivity contribution is 5.89. The van der Waals surface area contributed by atoms with Crippen LogP contribution in [-0.2, 0) is 24.9 Å². The molecule has 4 heteroatoms. The van der Waals surface area contributed by atoms with Crippen LogP contribution in [0.5, 0.6) is 0 Å². The Morgan fingerprint density at radius 2 is 1.57 bits per heavy atom. The van der Waals surface area contributed by atoms with E-state index in [9.17, 15) is 0 Å². The Morgan fingerprint density at radius 3 is 2.21 bits per heavy atom. The first kappa shape index (κ1) is 18.7. The smallest absolute Gasteiger partial charge is 0.140 e. The fraction of sp³-hybridized carbons (Fsp3) is 0.417. The normalized spacial score (nSPS) is 13.0. The molecule has 4 rings (SSSR count). The molecule has 0 fully saturated rings. The summed E-state index contributed by atoms with van der Waals surface area (Å²) in [5.74, 6) is 0.998. The van der Waals surface area contributed by atoms with E-state index in [2.05, 4.69) is 89.6 Å². The standard InChI is InChI=1S/C24H30N4/c1-23(2,3)17-10-9-11-19-20(17)25-22(27(19)7)15-12-13-18-16(14-15)21(24(4,5)6)28(8)26-18/h9-14H,1-8H3. The topological polar surface area (TPSA) is 35.6 Å². The van der Waals surface area contributed by atoms with Gasteiger partial charge in [-0.1, -0.05) is 53.7 Å². The molecule has 0 amide bonds. The van der Waals surface area contributed by atoms with Gasteiger partial charge in [0.25, 0.3) is 0 Å². The van der Waals surface area contributed by atoms with E-state index in [0.717, 1.165) is 22.4 Å². The number of nitrogens with zero attached hydrogens (tertiary/aromatic N) is 4. The molecule has 0 saturated heterocycles. The van der Waals surface area contributed by atoms with Crippen molar-refractivity contribution in [3.8, 4) is 11.4 Å². The lowest BCUT2D eigenvalue weighted by Crippen LogP contribution is -2.16. The fourth-order valence-corrected chi connectivity index (χ4v) is 4.31. The minimum Gasteiger partial charge on any atom is -0.327 e. The third-order valence-corrected chi connectivity index (χ3v) is 5.52. The lowest BCUT2D eigenvalue weighted by Gasteiger charge is -2.19. The number of benzene rings is 2. The summed E-state index contributed by atoms with van der Waals surface area (Å²) < 4.78 is 4.22. The molecule has 0 saturated carbocycles. The molecule has 0 atom stereocenters. The van der Waals surface area contributed by atoms with E-state index in [-0.39, 0.29) is 10.8 Å². The molecule has 0 radical (unpaired) electrons. The molecule has 0 N–H and O–H groups in total. The zero-order valence-corrected chi connectivity index (χ0v) is 18.3. The van der Waals surface area contributed by atoms with Gasteiger partial charge in [-0.05, 0) is 35.2 Å². The second kappa shape index (κ2) is 5.94. The summed E-state index contributed by atoms with van der Waals surface area (Å²) in [7, 11) is 4.14. The first-order valence-corrected chi connectivity index (χ1v) is 9.92. The minimum absolute atomic E-state index is 0.0217. The van der Waals surface area contributed by atoms with Crippen molar-refractivity contribution in [2.24, 2.45) is 14.1 Å². The van der Waals surface area contributed by atoms with Crippen molar-refractivity contribution in [3.05, 3.63) is 47.7 Å². The summed E-state index contributed by atoms with van der Waals surface area (Å²) >= 11 is 0. The Labute approximate surface area is 167 Å². The maximum atomic E-state index is 5.09. The van der Waals surface area contributed by atoms with E-state index in [1.807, 2.05) is 11.7 Å². The molecule has 0 aliphatic carbocycles. The van der Waals surface area contributed by atoms with Crippen LogP contribution in [0.1, 0.15) is 52.8 Å². The lowest BCUT2D eigenvalue weighted by molar-refractivity contribution is 0.528. The number of aryl methyl sites for hydroxylation is 2. The van der Waals surface area contributed by atoms with Gasteiger partial charge in [0.2, 0.25) is 0 Å². The van der Waals surface area contributed by atoms with Crippen LogP contribution in [0.3, 0.4) is 0 Å². The van der Waals surface area contributed by atoms with E-state index < -0.39 is 0 Å². The summed E-state index contributed by atoms with van der Waals surface area (Å²) in [6.45, 7) is 13.4. The molecule has 0 aliphatic rings. The first-order chi connectivity index (χ1) is 13.0. The summed E-state index contributed by atoms with van der Waals surface area (Å²) in [5.41, 5.74) is 7.03. The predicted octanol–water partition coefficient (Wildman–Crippen LogP) is 5.72. The van der Waals surface area contributed by atoms with Gasteiger partial charge >= 0.3 is 0 Å². The van der Waals surface area contributed by atoms with Gasteiger partial charge in [-0.2, -0.15) is 5.10 Å². The Kier molecular flexibility index (Phi) is 3.97. The number of para-hydroxylation sites is 1. The highest BCUT2D eigenvalue weighted by Crippen LogP contribution is 2.35. The quantitative estimate of drug-likeness (QED) is 0.427. The van der Waals surface area contributed by atoms with Crippen molar-refractivity contribution in [2.75, 3.05) is 0 Å². The molecule has 0 bridgehead atoms. The zero-order chi connectivity index (χ0) is 20.4. The molecular formula is C24H30N4. The first-order valence-electron chi connectivity index (χ1n) is 9.92. The summed E-state index contributed by atoms with van der Waals surface area (Å²) in [6, 6.07) is 13.0. The number of hydrogen-bond donors (Lipinski definition) is 0. The highest BCUT2D eigenvalue weighted by atomic mass is 15.3. The van der Waals surface area contributed by atoms with E-state index >= 15 is 0 Å². The van der Waals surface area contributed by atoms with Crippen molar-refractivity contribution >= 4 is 21.9 Å². The molecule has 4 aromatic rings. The Balaban J connectivity index is 1.98. The van der Waals surface area contributed by atoms with Crippen LogP contribution in [0, 0.1) is 0 Å². The van der Waals surface area contributed by atoms with Gasteiger partial charge in [-0.3, -0.25) is 4.68 Å². The summed E-state index contributed by atoms with van der Waals surface area (Å²) in [5, 5.41) is 5.92. The molecule has 146 valence electrons. The maximum Gasteiger partial charge on any atom is 0.140 e. The number of hydrogen-bond acceptors (Lipinski definition) is 2. The second-order valence-electron chi connectivity index (χ2n) is 9.87. The summed E-state index contributed by atoms with van der Waals surface area (Å²) in [4.78, 5) is 5.09. The monoisotopic (exact) mass is 374 g/mol. The largest absolute Gasteiger partial charge is 0.327 e. The van der Waals surface area contributed by atoms with Crippen molar-refractivity contribution in [1.29, 1.82) is 0 Å². The summed E-state index contributed by atoms with van der Waals surface area (Å²) in [6.07, 6.45) is 0. The number of rotatable bonds is 1. The van der Waals surface area contributed by atoms with E-state index in [0.29, 0.717) is 0 Å². The molecule has 0 aliphatic heterocycles. The van der Waals surface area contributed by atoms with Crippen molar-refractivity contribution in [3.63, 3.8) is 0 Å². The van der Waals surface area contributed by atoms with Gasteiger partial charge < -0.3 is 4.57 Å². The fourth-order valence-electron chi connectivity index (χ4n) is 4.31. The van der Waals surface area contributed by atoms with Gasteiger partial charge in [0.05, 0.1) is 22.2 Å². The third kappa shape index (κ3) is 2.83. The molecule has 2 aromatic heterocycles. The zero-order valence-electron chi connectivity index (χ0n) is 18.3. The van der Waals surface area contributed by atoms with Crippen LogP contribution in [0.2, 0.25) is 0 Å². The number of imidazole rings is 1.